The monoisotopic (exact) mass is 259 g/mol. The summed E-state index contributed by atoms with van der Waals surface area (Å²) in [7, 11) is -1.91. The number of hydrogen-bond acceptors (Lipinski definition) is 2. The van der Waals surface area contributed by atoms with Crippen molar-refractivity contribution in [2.45, 2.75) is 38.9 Å². The lowest BCUT2D eigenvalue weighted by molar-refractivity contribution is 0.458. The summed E-state index contributed by atoms with van der Waals surface area (Å²) in [6.45, 7) is 10.9. The average Bonchev–Trinajstić information content (AvgIpc) is 2.28. The lowest BCUT2D eigenvalue weighted by atomic mass is 10.2. The molecule has 0 saturated carbocycles. The summed E-state index contributed by atoms with van der Waals surface area (Å²) in [5.41, 5.74) is 0.962. The number of benzene rings is 1. The summed E-state index contributed by atoms with van der Waals surface area (Å²) in [4.78, 5) is 0. The van der Waals surface area contributed by atoms with Crippen LogP contribution in [0, 0.1) is 11.3 Å². The first-order chi connectivity index (χ1) is 8.28. The Labute approximate surface area is 111 Å². The summed E-state index contributed by atoms with van der Waals surface area (Å²) >= 11 is 0. The fraction of sp³-hybridized carbons (Fsp3) is 0.400. The summed E-state index contributed by atoms with van der Waals surface area (Å²) < 4.78 is 6.21. The van der Waals surface area contributed by atoms with E-state index < -0.39 is 8.32 Å². The molecule has 0 aromatic heterocycles. The molecule has 0 heterocycles. The van der Waals surface area contributed by atoms with Gasteiger partial charge in [0.25, 0.3) is 8.32 Å². The summed E-state index contributed by atoms with van der Waals surface area (Å²) in [5.74, 6) is 0.685. The van der Waals surface area contributed by atoms with E-state index in [2.05, 4.69) is 39.9 Å². The molecule has 0 saturated heterocycles. The smallest absolute Gasteiger partial charge is 0.250 e. The van der Waals surface area contributed by atoms with Gasteiger partial charge in [-0.15, -0.1) is 0 Å². The summed E-state index contributed by atoms with van der Waals surface area (Å²) in [6, 6.07) is 11.9. The third kappa shape index (κ3) is 3.48. The maximum Gasteiger partial charge on any atom is 0.250 e. The minimum absolute atomic E-state index is 0.121. The van der Waals surface area contributed by atoms with Gasteiger partial charge >= 0.3 is 0 Å². The maximum atomic E-state index is 8.91. The van der Waals surface area contributed by atoms with Gasteiger partial charge in [-0.3, -0.25) is 0 Å². The molecule has 1 rings (SSSR count). The molecule has 96 valence electrons. The first-order valence-electron chi connectivity index (χ1n) is 6.12. The second-order valence-electron chi connectivity index (χ2n) is 5.87. The van der Waals surface area contributed by atoms with Gasteiger partial charge < -0.3 is 4.43 Å². The van der Waals surface area contributed by atoms with Gasteiger partial charge in [-0.2, -0.15) is 5.26 Å². The van der Waals surface area contributed by atoms with Crippen LogP contribution in [0.15, 0.2) is 36.4 Å². The molecule has 0 aliphatic rings. The third-order valence-corrected chi connectivity index (χ3v) is 7.77. The molecule has 0 radical (unpaired) electrons. The fourth-order valence-electron chi connectivity index (χ4n) is 1.26. The molecule has 1 aromatic carbocycles. The van der Waals surface area contributed by atoms with Gasteiger partial charge in [-0.1, -0.05) is 51.1 Å². The van der Waals surface area contributed by atoms with Crippen molar-refractivity contribution in [3.05, 3.63) is 42.0 Å². The van der Waals surface area contributed by atoms with E-state index in [-0.39, 0.29) is 5.04 Å². The van der Waals surface area contributed by atoms with E-state index in [9.17, 15) is 0 Å². The van der Waals surface area contributed by atoms with Gasteiger partial charge in [0.1, 0.15) is 5.76 Å². The molecule has 2 nitrogen and oxygen atoms in total. The van der Waals surface area contributed by atoms with E-state index in [0.29, 0.717) is 5.76 Å². The van der Waals surface area contributed by atoms with Crippen molar-refractivity contribution < 1.29 is 4.43 Å². The molecule has 18 heavy (non-hydrogen) atoms. The minimum Gasteiger partial charge on any atom is -0.543 e. The van der Waals surface area contributed by atoms with Crippen molar-refractivity contribution in [1.29, 1.82) is 5.26 Å². The van der Waals surface area contributed by atoms with Crippen LogP contribution < -0.4 is 0 Å². The molecular weight excluding hydrogens is 238 g/mol. The highest BCUT2D eigenvalue weighted by Gasteiger charge is 2.39. The summed E-state index contributed by atoms with van der Waals surface area (Å²) in [6.07, 6.45) is 1.50. The number of rotatable bonds is 3. The zero-order chi connectivity index (χ0) is 13.8. The van der Waals surface area contributed by atoms with Crippen LogP contribution in [0.4, 0.5) is 0 Å². The lowest BCUT2D eigenvalue weighted by Gasteiger charge is -2.37. The maximum absolute atomic E-state index is 8.91. The summed E-state index contributed by atoms with van der Waals surface area (Å²) in [5, 5.41) is 9.03. The van der Waals surface area contributed by atoms with Crippen molar-refractivity contribution in [2.24, 2.45) is 0 Å². The van der Waals surface area contributed by atoms with Crippen molar-refractivity contribution in [3.8, 4) is 6.07 Å². The van der Waals surface area contributed by atoms with E-state index in [4.69, 9.17) is 9.69 Å². The van der Waals surface area contributed by atoms with Crippen LogP contribution in [-0.4, -0.2) is 8.32 Å². The SMILES string of the molecule is CC(C)(C)[Si](C)(C)OC(=CC#N)c1ccccc1. The van der Waals surface area contributed by atoms with Crippen LogP contribution in [0.5, 0.6) is 0 Å². The van der Waals surface area contributed by atoms with Crippen molar-refractivity contribution in [3.63, 3.8) is 0 Å². The molecule has 0 aliphatic carbocycles. The number of nitrogens with zero attached hydrogens (tertiary/aromatic N) is 1. The normalized spacial score (nSPS) is 13.0. The Hall–Kier alpha value is -1.53. The van der Waals surface area contributed by atoms with Gasteiger partial charge in [0.2, 0.25) is 0 Å². The molecule has 0 spiro atoms. The van der Waals surface area contributed by atoms with Crippen LogP contribution in [0.3, 0.4) is 0 Å². The van der Waals surface area contributed by atoms with Gasteiger partial charge in [-0.05, 0) is 18.1 Å². The molecule has 0 bridgehead atoms. The molecule has 0 N–H and O–H groups in total. The first kappa shape index (κ1) is 14.5. The van der Waals surface area contributed by atoms with Crippen LogP contribution in [0.25, 0.3) is 5.76 Å². The van der Waals surface area contributed by atoms with E-state index in [1.807, 2.05) is 30.3 Å². The third-order valence-electron chi connectivity index (χ3n) is 3.43. The van der Waals surface area contributed by atoms with Crippen LogP contribution in [0.2, 0.25) is 18.1 Å². The topological polar surface area (TPSA) is 33.0 Å². The second kappa shape index (κ2) is 5.41. The Balaban J connectivity index is 3.05. The van der Waals surface area contributed by atoms with E-state index >= 15 is 0 Å². The quantitative estimate of drug-likeness (QED) is 0.452. The van der Waals surface area contributed by atoms with Gasteiger partial charge in [-0.25, -0.2) is 0 Å². The molecule has 0 unspecified atom stereocenters. The van der Waals surface area contributed by atoms with Gasteiger partial charge in [0, 0.05) is 5.56 Å². The minimum atomic E-state index is -1.91. The van der Waals surface area contributed by atoms with E-state index in [0.717, 1.165) is 5.56 Å². The standard InChI is InChI=1S/C15H21NOSi/c1-15(2,3)18(4,5)17-14(11-12-16)13-9-7-6-8-10-13/h6-11H,1-5H3. The van der Waals surface area contributed by atoms with E-state index in [1.165, 1.54) is 6.08 Å². The molecular formula is C15H21NOSi. The fourth-order valence-corrected chi connectivity index (χ4v) is 2.29. The zero-order valence-electron chi connectivity index (χ0n) is 11.8. The highest BCUT2D eigenvalue weighted by molar-refractivity contribution is 6.74. The Morgan fingerprint density at radius 1 is 1.22 bits per heavy atom. The van der Waals surface area contributed by atoms with Crippen molar-refractivity contribution >= 4 is 14.1 Å². The number of nitriles is 1. The van der Waals surface area contributed by atoms with Crippen molar-refractivity contribution in [1.82, 2.24) is 0 Å². The number of allylic oxidation sites excluding steroid dienone is 1. The Kier molecular flexibility index (Phi) is 4.36. The lowest BCUT2D eigenvalue weighted by Crippen LogP contribution is -2.40. The Morgan fingerprint density at radius 2 is 1.78 bits per heavy atom. The largest absolute Gasteiger partial charge is 0.543 e. The second-order valence-corrected chi connectivity index (χ2v) is 10.6. The zero-order valence-corrected chi connectivity index (χ0v) is 12.8. The first-order valence-corrected chi connectivity index (χ1v) is 9.03. The highest BCUT2D eigenvalue weighted by atomic mass is 28.4. The molecule has 0 atom stereocenters. The van der Waals surface area contributed by atoms with Crippen molar-refractivity contribution in [2.75, 3.05) is 0 Å². The van der Waals surface area contributed by atoms with Crippen LogP contribution >= 0.6 is 0 Å². The average molecular weight is 259 g/mol. The molecule has 0 aliphatic heterocycles. The number of hydrogen-bond donors (Lipinski definition) is 0. The predicted octanol–water partition coefficient (Wildman–Crippen LogP) is 4.57. The van der Waals surface area contributed by atoms with Crippen LogP contribution in [0.1, 0.15) is 26.3 Å². The predicted molar refractivity (Wildman–Crippen MR) is 78.3 cm³/mol. The van der Waals surface area contributed by atoms with E-state index in [1.54, 1.807) is 0 Å². The molecule has 0 fully saturated rings. The highest BCUT2D eigenvalue weighted by Crippen LogP contribution is 2.39. The molecule has 0 amide bonds. The molecule has 3 heteroatoms. The Morgan fingerprint density at radius 3 is 2.22 bits per heavy atom. The van der Waals surface area contributed by atoms with Gasteiger partial charge in [0.05, 0.1) is 12.1 Å². The van der Waals surface area contributed by atoms with Crippen LogP contribution in [-0.2, 0) is 4.43 Å². The molecule has 1 aromatic rings. The Bertz CT molecular complexity index is 464. The van der Waals surface area contributed by atoms with Gasteiger partial charge in [0.15, 0.2) is 0 Å².